The van der Waals surface area contributed by atoms with Gasteiger partial charge in [0.15, 0.2) is 0 Å². The standard InChI is InChI=1S/C12H22N2O3/c1-4-13-10(15)8-14(5-2)11(9-6-7-9)12(16)17-3/h9,11H,4-8H2,1-3H3,(H,13,15). The minimum Gasteiger partial charge on any atom is -0.468 e. The van der Waals surface area contributed by atoms with E-state index >= 15 is 0 Å². The van der Waals surface area contributed by atoms with Crippen LogP contribution in [-0.2, 0) is 14.3 Å². The van der Waals surface area contributed by atoms with Crippen molar-refractivity contribution in [2.45, 2.75) is 32.7 Å². The van der Waals surface area contributed by atoms with Gasteiger partial charge in [-0.3, -0.25) is 14.5 Å². The summed E-state index contributed by atoms with van der Waals surface area (Å²) in [5.41, 5.74) is 0. The predicted octanol–water partition coefficient (Wildman–Crippen LogP) is 0.396. The number of nitrogens with zero attached hydrogens (tertiary/aromatic N) is 1. The molecule has 0 aliphatic heterocycles. The maximum atomic E-state index is 11.7. The molecule has 0 spiro atoms. The van der Waals surface area contributed by atoms with Gasteiger partial charge in [-0.2, -0.15) is 0 Å². The Balaban J connectivity index is 2.61. The van der Waals surface area contributed by atoms with Crippen molar-refractivity contribution < 1.29 is 14.3 Å². The van der Waals surface area contributed by atoms with Crippen molar-refractivity contribution in [3.8, 4) is 0 Å². The highest BCUT2D eigenvalue weighted by atomic mass is 16.5. The van der Waals surface area contributed by atoms with Crippen LogP contribution in [0.2, 0.25) is 0 Å². The molecule has 0 radical (unpaired) electrons. The van der Waals surface area contributed by atoms with Crippen LogP contribution < -0.4 is 5.32 Å². The Morgan fingerprint density at radius 1 is 1.41 bits per heavy atom. The van der Waals surface area contributed by atoms with E-state index in [2.05, 4.69) is 5.32 Å². The van der Waals surface area contributed by atoms with E-state index in [4.69, 9.17) is 4.74 Å². The van der Waals surface area contributed by atoms with Gasteiger partial charge in [0.25, 0.3) is 0 Å². The van der Waals surface area contributed by atoms with Gasteiger partial charge in [0.1, 0.15) is 6.04 Å². The van der Waals surface area contributed by atoms with Crippen LogP contribution in [0, 0.1) is 5.92 Å². The van der Waals surface area contributed by atoms with Crippen LogP contribution in [0.25, 0.3) is 0 Å². The van der Waals surface area contributed by atoms with Crippen LogP contribution in [0.5, 0.6) is 0 Å². The van der Waals surface area contributed by atoms with Gasteiger partial charge in [-0.25, -0.2) is 0 Å². The van der Waals surface area contributed by atoms with Crippen LogP contribution in [0.15, 0.2) is 0 Å². The number of carbonyl (C=O) groups is 2. The molecule has 1 amide bonds. The fraction of sp³-hybridized carbons (Fsp3) is 0.833. The lowest BCUT2D eigenvalue weighted by molar-refractivity contribution is -0.148. The lowest BCUT2D eigenvalue weighted by atomic mass is 10.1. The van der Waals surface area contributed by atoms with Crippen molar-refractivity contribution >= 4 is 11.9 Å². The molecule has 1 fully saturated rings. The molecule has 0 aromatic rings. The van der Waals surface area contributed by atoms with Gasteiger partial charge in [-0.15, -0.1) is 0 Å². The summed E-state index contributed by atoms with van der Waals surface area (Å²) in [5, 5.41) is 2.75. The van der Waals surface area contributed by atoms with E-state index in [0.717, 1.165) is 12.8 Å². The third-order valence-corrected chi connectivity index (χ3v) is 3.03. The topological polar surface area (TPSA) is 58.6 Å². The number of esters is 1. The highest BCUT2D eigenvalue weighted by molar-refractivity contribution is 5.80. The molecule has 0 bridgehead atoms. The van der Waals surface area contributed by atoms with E-state index in [1.54, 1.807) is 0 Å². The summed E-state index contributed by atoms with van der Waals surface area (Å²) in [6.45, 7) is 5.39. The maximum absolute atomic E-state index is 11.7. The summed E-state index contributed by atoms with van der Waals surface area (Å²) in [5.74, 6) is 0.0966. The summed E-state index contributed by atoms with van der Waals surface area (Å²) in [7, 11) is 1.40. The van der Waals surface area contributed by atoms with Gasteiger partial charge >= 0.3 is 5.97 Å². The molecule has 0 heterocycles. The number of rotatable bonds is 7. The average molecular weight is 242 g/mol. The van der Waals surface area contributed by atoms with Gasteiger partial charge in [0, 0.05) is 6.54 Å². The monoisotopic (exact) mass is 242 g/mol. The first-order chi connectivity index (χ1) is 8.13. The molecule has 0 aromatic carbocycles. The van der Waals surface area contributed by atoms with Crippen molar-refractivity contribution in [2.75, 3.05) is 26.7 Å². The van der Waals surface area contributed by atoms with E-state index < -0.39 is 0 Å². The highest BCUT2D eigenvalue weighted by Crippen LogP contribution is 2.35. The van der Waals surface area contributed by atoms with Crippen molar-refractivity contribution in [1.82, 2.24) is 10.2 Å². The van der Waals surface area contributed by atoms with Crippen molar-refractivity contribution in [2.24, 2.45) is 5.92 Å². The number of amides is 1. The summed E-state index contributed by atoms with van der Waals surface area (Å²) in [6.07, 6.45) is 2.09. The zero-order chi connectivity index (χ0) is 12.8. The first kappa shape index (κ1) is 14.0. The Morgan fingerprint density at radius 3 is 2.47 bits per heavy atom. The van der Waals surface area contributed by atoms with Gasteiger partial charge in [0.2, 0.25) is 5.91 Å². The Bertz CT molecular complexity index is 277. The molecule has 1 aliphatic rings. The largest absolute Gasteiger partial charge is 0.468 e. The number of likely N-dealkylation sites (N-methyl/N-ethyl adjacent to an activating group) is 2. The van der Waals surface area contributed by atoms with Crippen LogP contribution in [-0.4, -0.2) is 49.6 Å². The molecular formula is C12H22N2O3. The van der Waals surface area contributed by atoms with E-state index in [0.29, 0.717) is 19.0 Å². The van der Waals surface area contributed by atoms with Crippen molar-refractivity contribution in [3.05, 3.63) is 0 Å². The SMILES string of the molecule is CCNC(=O)CN(CC)C(C(=O)OC)C1CC1. The fourth-order valence-electron chi connectivity index (χ4n) is 2.02. The number of nitrogens with one attached hydrogen (secondary N) is 1. The first-order valence-corrected chi connectivity index (χ1v) is 6.22. The summed E-state index contributed by atoms with van der Waals surface area (Å²) in [4.78, 5) is 25.2. The molecule has 5 heteroatoms. The Labute approximate surface area is 102 Å². The average Bonchev–Trinajstić information content (AvgIpc) is 3.12. The summed E-state index contributed by atoms with van der Waals surface area (Å²) >= 11 is 0. The molecule has 1 unspecified atom stereocenters. The summed E-state index contributed by atoms with van der Waals surface area (Å²) in [6, 6.07) is -0.257. The van der Waals surface area contributed by atoms with E-state index in [1.165, 1.54) is 7.11 Å². The van der Waals surface area contributed by atoms with E-state index in [-0.39, 0.29) is 24.5 Å². The Kier molecular flexibility index (Phi) is 5.41. The number of ether oxygens (including phenoxy) is 1. The molecule has 1 saturated carbocycles. The van der Waals surface area contributed by atoms with Gasteiger partial charge in [-0.05, 0) is 32.2 Å². The third-order valence-electron chi connectivity index (χ3n) is 3.03. The number of hydrogen-bond acceptors (Lipinski definition) is 4. The Morgan fingerprint density at radius 2 is 2.06 bits per heavy atom. The molecule has 1 N–H and O–H groups in total. The number of methoxy groups -OCH3 is 1. The van der Waals surface area contributed by atoms with Gasteiger partial charge in [-0.1, -0.05) is 6.92 Å². The zero-order valence-electron chi connectivity index (χ0n) is 10.9. The number of hydrogen-bond donors (Lipinski definition) is 1. The van der Waals surface area contributed by atoms with Crippen LogP contribution in [0.1, 0.15) is 26.7 Å². The molecule has 1 aliphatic carbocycles. The molecule has 1 rings (SSSR count). The van der Waals surface area contributed by atoms with Crippen LogP contribution >= 0.6 is 0 Å². The molecular weight excluding hydrogens is 220 g/mol. The fourth-order valence-corrected chi connectivity index (χ4v) is 2.02. The molecule has 0 aromatic heterocycles. The quantitative estimate of drug-likeness (QED) is 0.656. The van der Waals surface area contributed by atoms with E-state index in [9.17, 15) is 9.59 Å². The number of carbonyl (C=O) groups excluding carboxylic acids is 2. The molecule has 1 atom stereocenters. The van der Waals surface area contributed by atoms with E-state index in [1.807, 2.05) is 18.7 Å². The van der Waals surface area contributed by atoms with Crippen molar-refractivity contribution in [3.63, 3.8) is 0 Å². The van der Waals surface area contributed by atoms with Gasteiger partial charge in [0.05, 0.1) is 13.7 Å². The van der Waals surface area contributed by atoms with Crippen LogP contribution in [0.4, 0.5) is 0 Å². The second-order valence-corrected chi connectivity index (χ2v) is 4.32. The maximum Gasteiger partial charge on any atom is 0.323 e. The lowest BCUT2D eigenvalue weighted by Crippen LogP contribution is -2.48. The van der Waals surface area contributed by atoms with Crippen LogP contribution in [0.3, 0.4) is 0 Å². The molecule has 0 saturated heterocycles. The molecule has 17 heavy (non-hydrogen) atoms. The summed E-state index contributed by atoms with van der Waals surface area (Å²) < 4.78 is 4.83. The minimum absolute atomic E-state index is 0.0381. The molecule has 5 nitrogen and oxygen atoms in total. The van der Waals surface area contributed by atoms with Crippen molar-refractivity contribution in [1.29, 1.82) is 0 Å². The molecule has 98 valence electrons. The Hall–Kier alpha value is -1.10. The van der Waals surface area contributed by atoms with Gasteiger partial charge < -0.3 is 10.1 Å². The first-order valence-electron chi connectivity index (χ1n) is 6.22. The lowest BCUT2D eigenvalue weighted by Gasteiger charge is -2.27. The highest BCUT2D eigenvalue weighted by Gasteiger charge is 2.40. The second-order valence-electron chi connectivity index (χ2n) is 4.32. The minimum atomic E-state index is -0.257. The normalized spacial score (nSPS) is 16.7. The predicted molar refractivity (Wildman–Crippen MR) is 64.5 cm³/mol. The smallest absolute Gasteiger partial charge is 0.323 e. The zero-order valence-corrected chi connectivity index (χ0v) is 10.9. The third kappa shape index (κ3) is 4.00. The second kappa shape index (κ2) is 6.59.